The Morgan fingerprint density at radius 2 is 1.56 bits per heavy atom. The van der Waals surface area contributed by atoms with Gasteiger partial charge in [0.15, 0.2) is 0 Å². The van der Waals surface area contributed by atoms with Crippen molar-refractivity contribution >= 4 is 5.97 Å². The van der Waals surface area contributed by atoms with Crippen LogP contribution in [0.4, 0.5) is 0 Å². The minimum atomic E-state index is -0.174. The average Bonchev–Trinajstić information content (AvgIpc) is 2.73. The van der Waals surface area contributed by atoms with Crippen LogP contribution in [0.2, 0.25) is 0 Å². The summed E-state index contributed by atoms with van der Waals surface area (Å²) in [6, 6.07) is 0. The molecular weight excluding hydrogens is 336 g/mol. The van der Waals surface area contributed by atoms with Crippen molar-refractivity contribution in [2.45, 2.75) is 70.6 Å². The predicted octanol–water partition coefficient (Wildman–Crippen LogP) is 5.77. The lowest BCUT2D eigenvalue weighted by atomic mass is 9.90. The smallest absolute Gasteiger partial charge is 0.336 e. The van der Waals surface area contributed by atoms with Crippen molar-refractivity contribution < 1.29 is 14.3 Å². The Balaban J connectivity index is 1.51. The third-order valence-corrected chi connectivity index (χ3v) is 6.20. The molecule has 0 radical (unpaired) electrons. The molecule has 2 fully saturated rings. The number of carbonyl (C=O) groups excluding carboxylic acids is 1. The molecule has 3 aliphatic carbocycles. The van der Waals surface area contributed by atoms with E-state index in [1.165, 1.54) is 64.2 Å². The zero-order valence-corrected chi connectivity index (χ0v) is 16.7. The molecule has 0 amide bonds. The quantitative estimate of drug-likeness (QED) is 0.401. The summed E-state index contributed by atoms with van der Waals surface area (Å²) in [4.78, 5) is 12.7. The maximum atomic E-state index is 12.7. The number of hydrogen-bond donors (Lipinski definition) is 0. The minimum absolute atomic E-state index is 0.174. The van der Waals surface area contributed by atoms with E-state index in [2.05, 4.69) is 30.4 Å². The fourth-order valence-corrected chi connectivity index (χ4v) is 4.49. The fraction of sp³-hybridized carbons (Fsp3) is 0.708. The number of esters is 1. The van der Waals surface area contributed by atoms with E-state index in [1.807, 2.05) is 0 Å². The molecule has 0 aliphatic heterocycles. The molecule has 2 saturated carbocycles. The van der Waals surface area contributed by atoms with Crippen molar-refractivity contribution in [1.82, 2.24) is 0 Å². The summed E-state index contributed by atoms with van der Waals surface area (Å²) >= 11 is 0. The minimum Gasteiger partial charge on any atom is -0.462 e. The summed E-state index contributed by atoms with van der Waals surface area (Å²) in [5, 5.41) is 0. The summed E-state index contributed by atoms with van der Waals surface area (Å²) in [6.07, 6.45) is 24.2. The number of hydrogen-bond acceptors (Lipinski definition) is 3. The molecule has 0 N–H and O–H groups in total. The summed E-state index contributed by atoms with van der Waals surface area (Å²) in [7, 11) is 0. The van der Waals surface area contributed by atoms with E-state index in [0.29, 0.717) is 30.6 Å². The van der Waals surface area contributed by atoms with Crippen LogP contribution in [-0.2, 0) is 14.3 Å². The Morgan fingerprint density at radius 3 is 2.19 bits per heavy atom. The van der Waals surface area contributed by atoms with Crippen LogP contribution in [0.1, 0.15) is 70.6 Å². The normalized spacial score (nSPS) is 24.9. The summed E-state index contributed by atoms with van der Waals surface area (Å²) in [6.45, 7) is 1.72. The number of carbonyl (C=O) groups is 1. The van der Waals surface area contributed by atoms with Crippen molar-refractivity contribution in [2.24, 2.45) is 17.8 Å². The zero-order chi connectivity index (χ0) is 18.7. The van der Waals surface area contributed by atoms with E-state index in [1.54, 1.807) is 0 Å². The fourth-order valence-electron chi connectivity index (χ4n) is 4.49. The van der Waals surface area contributed by atoms with Crippen LogP contribution in [0.15, 0.2) is 36.0 Å². The van der Waals surface area contributed by atoms with Gasteiger partial charge in [0.2, 0.25) is 0 Å². The molecule has 27 heavy (non-hydrogen) atoms. The molecule has 3 aliphatic rings. The van der Waals surface area contributed by atoms with Gasteiger partial charge in [0.05, 0.1) is 18.8 Å². The average molecular weight is 373 g/mol. The van der Waals surface area contributed by atoms with Gasteiger partial charge in [-0.15, -0.1) is 0 Å². The van der Waals surface area contributed by atoms with Crippen LogP contribution >= 0.6 is 0 Å². The summed E-state index contributed by atoms with van der Waals surface area (Å²) < 4.78 is 11.7. The first-order chi connectivity index (χ1) is 13.3. The van der Waals surface area contributed by atoms with Crippen LogP contribution in [0.5, 0.6) is 0 Å². The molecule has 1 unspecified atom stereocenters. The standard InChI is InChI=1S/C24H36O3/c25-24(27-18-22-14-8-3-9-15-22)23(16-20-10-4-1-5-11-20)19-26-17-21-12-6-2-7-13-21/h1,4-5,10,16,20-22H,2-3,6-9,11-15,17-19H2/b23-16+. The molecule has 0 aromatic carbocycles. The Bertz CT molecular complexity index is 534. The first-order valence-corrected chi connectivity index (χ1v) is 11.1. The number of rotatable bonds is 8. The molecule has 0 saturated heterocycles. The summed E-state index contributed by atoms with van der Waals surface area (Å²) in [5.74, 6) is 1.30. The van der Waals surface area contributed by atoms with E-state index < -0.39 is 0 Å². The number of allylic oxidation sites excluding steroid dienone is 5. The van der Waals surface area contributed by atoms with Gasteiger partial charge in [-0.25, -0.2) is 4.79 Å². The highest BCUT2D eigenvalue weighted by Crippen LogP contribution is 2.25. The molecular formula is C24H36O3. The Morgan fingerprint density at radius 1 is 0.889 bits per heavy atom. The van der Waals surface area contributed by atoms with Gasteiger partial charge >= 0.3 is 5.97 Å². The second-order valence-electron chi connectivity index (χ2n) is 8.53. The first kappa shape index (κ1) is 20.4. The molecule has 0 bridgehead atoms. The predicted molar refractivity (Wildman–Crippen MR) is 109 cm³/mol. The van der Waals surface area contributed by atoms with E-state index in [4.69, 9.17) is 9.47 Å². The monoisotopic (exact) mass is 372 g/mol. The Labute approximate surface area is 164 Å². The van der Waals surface area contributed by atoms with E-state index in [-0.39, 0.29) is 11.9 Å². The molecule has 0 spiro atoms. The van der Waals surface area contributed by atoms with Crippen LogP contribution in [0, 0.1) is 17.8 Å². The van der Waals surface area contributed by atoms with E-state index >= 15 is 0 Å². The van der Waals surface area contributed by atoms with Gasteiger partial charge < -0.3 is 9.47 Å². The Kier molecular flexibility index (Phi) is 8.67. The molecule has 0 heterocycles. The highest BCUT2D eigenvalue weighted by atomic mass is 16.5. The lowest BCUT2D eigenvalue weighted by Crippen LogP contribution is -2.21. The van der Waals surface area contributed by atoms with Gasteiger partial charge in [-0.05, 0) is 49.9 Å². The molecule has 3 heteroatoms. The molecule has 1 atom stereocenters. The third kappa shape index (κ3) is 7.29. The van der Waals surface area contributed by atoms with E-state index in [9.17, 15) is 4.79 Å². The van der Waals surface area contributed by atoms with Gasteiger partial charge in [0.1, 0.15) is 0 Å². The van der Waals surface area contributed by atoms with Gasteiger partial charge in [-0.3, -0.25) is 0 Å². The summed E-state index contributed by atoms with van der Waals surface area (Å²) in [5.41, 5.74) is 0.701. The maximum absolute atomic E-state index is 12.7. The van der Waals surface area contributed by atoms with Crippen molar-refractivity contribution in [3.63, 3.8) is 0 Å². The zero-order valence-electron chi connectivity index (χ0n) is 16.7. The van der Waals surface area contributed by atoms with Crippen LogP contribution in [-0.4, -0.2) is 25.8 Å². The maximum Gasteiger partial charge on any atom is 0.336 e. The van der Waals surface area contributed by atoms with Gasteiger partial charge in [-0.2, -0.15) is 0 Å². The highest BCUT2D eigenvalue weighted by molar-refractivity contribution is 5.88. The molecule has 0 aromatic rings. The van der Waals surface area contributed by atoms with Crippen LogP contribution in [0.3, 0.4) is 0 Å². The SMILES string of the molecule is O=C(OCC1CCCCC1)/C(=C/C1C=CC=CC1)COCC1CCCCC1. The third-order valence-electron chi connectivity index (χ3n) is 6.20. The van der Waals surface area contributed by atoms with Gasteiger partial charge in [0.25, 0.3) is 0 Å². The topological polar surface area (TPSA) is 35.5 Å². The highest BCUT2D eigenvalue weighted by Gasteiger charge is 2.20. The van der Waals surface area contributed by atoms with Crippen molar-refractivity contribution in [3.8, 4) is 0 Å². The van der Waals surface area contributed by atoms with E-state index in [0.717, 1.165) is 13.0 Å². The second-order valence-corrected chi connectivity index (χ2v) is 8.53. The van der Waals surface area contributed by atoms with Gasteiger partial charge in [0, 0.05) is 6.61 Å². The molecule has 3 nitrogen and oxygen atoms in total. The van der Waals surface area contributed by atoms with Gasteiger partial charge in [-0.1, -0.05) is 68.9 Å². The Hall–Kier alpha value is -1.35. The van der Waals surface area contributed by atoms with Crippen molar-refractivity contribution in [2.75, 3.05) is 19.8 Å². The first-order valence-electron chi connectivity index (χ1n) is 11.1. The van der Waals surface area contributed by atoms with Crippen molar-refractivity contribution in [3.05, 3.63) is 36.0 Å². The molecule has 150 valence electrons. The molecule has 0 aromatic heterocycles. The lowest BCUT2D eigenvalue weighted by molar-refractivity contribution is -0.141. The van der Waals surface area contributed by atoms with Crippen LogP contribution < -0.4 is 0 Å². The second kappa shape index (κ2) is 11.5. The van der Waals surface area contributed by atoms with Crippen molar-refractivity contribution in [1.29, 1.82) is 0 Å². The number of ether oxygens (including phenoxy) is 2. The lowest BCUT2D eigenvalue weighted by Gasteiger charge is -2.23. The largest absolute Gasteiger partial charge is 0.462 e. The van der Waals surface area contributed by atoms with Crippen LogP contribution in [0.25, 0.3) is 0 Å². The molecule has 3 rings (SSSR count).